The molecule has 0 amide bonds. The van der Waals surface area contributed by atoms with Crippen molar-refractivity contribution >= 4 is 34.9 Å². The fraction of sp³-hybridized carbons (Fsp3) is 0.750. The van der Waals surface area contributed by atoms with Gasteiger partial charge < -0.3 is 25.2 Å². The van der Waals surface area contributed by atoms with Gasteiger partial charge in [0.1, 0.15) is 11.6 Å². The normalized spacial score (nSPS) is 23.0. The summed E-state index contributed by atoms with van der Waals surface area (Å²) >= 11 is 5.44. The lowest BCUT2D eigenvalue weighted by atomic mass is 9.92. The van der Waals surface area contributed by atoms with Gasteiger partial charge in [-0.25, -0.2) is 0 Å². The third-order valence-corrected chi connectivity index (χ3v) is 5.37. The summed E-state index contributed by atoms with van der Waals surface area (Å²) in [6.07, 6.45) is 1.27. The second kappa shape index (κ2) is 9.69. The van der Waals surface area contributed by atoms with Gasteiger partial charge in [-0.2, -0.15) is 9.97 Å². The average Bonchev–Trinajstić information content (AvgIpc) is 2.66. The molecule has 0 aromatic carbocycles. The predicted molar refractivity (Wildman–Crippen MR) is 119 cm³/mol. The Morgan fingerprint density at radius 3 is 2.36 bits per heavy atom. The van der Waals surface area contributed by atoms with E-state index in [1.165, 1.54) is 6.42 Å². The molecular formula is C20H34N6OS. The standard InChI is InChI=1S/C20H34N6OS/c1-14(2)11-21-20(28)24-19-22-17(25-5-7-27-8-6-25)10-18(23-19)26-12-15(3)9-16(4)13-26/h10,14-16H,5-9,11-13H2,1-4H3,(H2,21,22,23,24,28)/t15-,16+. The van der Waals surface area contributed by atoms with Crippen LogP contribution in [-0.2, 0) is 4.74 Å². The summed E-state index contributed by atoms with van der Waals surface area (Å²) in [5.41, 5.74) is 0. The Labute approximate surface area is 174 Å². The molecule has 3 rings (SSSR count). The molecule has 3 heterocycles. The van der Waals surface area contributed by atoms with Gasteiger partial charge in [0.15, 0.2) is 5.11 Å². The van der Waals surface area contributed by atoms with E-state index >= 15 is 0 Å². The topological polar surface area (TPSA) is 65.6 Å². The molecule has 0 spiro atoms. The Hall–Kier alpha value is -1.67. The van der Waals surface area contributed by atoms with E-state index in [4.69, 9.17) is 26.9 Å². The third kappa shape index (κ3) is 5.91. The van der Waals surface area contributed by atoms with Crippen LogP contribution in [0, 0.1) is 17.8 Å². The third-order valence-electron chi connectivity index (χ3n) is 5.12. The maximum absolute atomic E-state index is 5.50. The summed E-state index contributed by atoms with van der Waals surface area (Å²) in [6, 6.07) is 2.12. The van der Waals surface area contributed by atoms with Crippen molar-refractivity contribution < 1.29 is 4.74 Å². The van der Waals surface area contributed by atoms with Gasteiger partial charge in [-0.05, 0) is 36.4 Å². The molecule has 2 aliphatic heterocycles. The number of morpholine rings is 1. The summed E-state index contributed by atoms with van der Waals surface area (Å²) in [7, 11) is 0. The van der Waals surface area contributed by atoms with Gasteiger partial charge >= 0.3 is 0 Å². The Bertz CT molecular complexity index is 654. The molecule has 28 heavy (non-hydrogen) atoms. The zero-order valence-electron chi connectivity index (χ0n) is 17.6. The van der Waals surface area contributed by atoms with Crippen molar-refractivity contribution in [3.63, 3.8) is 0 Å². The fourth-order valence-electron chi connectivity index (χ4n) is 3.89. The molecule has 0 saturated carbocycles. The number of aromatic nitrogens is 2. The van der Waals surface area contributed by atoms with Crippen LogP contribution in [0.25, 0.3) is 0 Å². The van der Waals surface area contributed by atoms with Gasteiger partial charge in [-0.3, -0.25) is 0 Å². The number of nitrogens with zero attached hydrogens (tertiary/aromatic N) is 4. The van der Waals surface area contributed by atoms with Crippen molar-refractivity contribution in [2.24, 2.45) is 17.8 Å². The molecule has 0 bridgehead atoms. The van der Waals surface area contributed by atoms with Crippen molar-refractivity contribution in [1.29, 1.82) is 0 Å². The van der Waals surface area contributed by atoms with E-state index < -0.39 is 0 Å². The molecule has 2 atom stereocenters. The summed E-state index contributed by atoms with van der Waals surface area (Å²) < 4.78 is 5.50. The molecule has 2 fully saturated rings. The van der Waals surface area contributed by atoms with Crippen LogP contribution >= 0.6 is 12.2 Å². The van der Waals surface area contributed by atoms with Crippen molar-refractivity contribution in [3.05, 3.63) is 6.07 Å². The molecule has 156 valence electrons. The van der Waals surface area contributed by atoms with E-state index in [0.29, 0.717) is 28.8 Å². The van der Waals surface area contributed by atoms with Crippen molar-refractivity contribution in [2.75, 3.05) is 61.1 Å². The molecule has 0 aliphatic carbocycles. The number of anilines is 3. The first-order chi connectivity index (χ1) is 13.4. The van der Waals surface area contributed by atoms with Gasteiger partial charge in [-0.15, -0.1) is 0 Å². The van der Waals surface area contributed by atoms with Gasteiger partial charge in [-0.1, -0.05) is 27.7 Å². The molecule has 1 aromatic heterocycles. The van der Waals surface area contributed by atoms with Crippen LogP contribution < -0.4 is 20.4 Å². The first-order valence-electron chi connectivity index (χ1n) is 10.4. The quantitative estimate of drug-likeness (QED) is 0.724. The van der Waals surface area contributed by atoms with E-state index in [1.54, 1.807) is 0 Å². The van der Waals surface area contributed by atoms with Gasteiger partial charge in [0, 0.05) is 38.8 Å². The molecule has 2 aliphatic rings. The number of ether oxygens (including phenoxy) is 1. The van der Waals surface area contributed by atoms with E-state index in [0.717, 1.165) is 57.6 Å². The monoisotopic (exact) mass is 406 g/mol. The van der Waals surface area contributed by atoms with Crippen LogP contribution in [0.5, 0.6) is 0 Å². The lowest BCUT2D eigenvalue weighted by Crippen LogP contribution is -2.40. The Balaban J connectivity index is 1.82. The number of nitrogens with one attached hydrogen (secondary N) is 2. The number of thiocarbonyl (C=S) groups is 1. The van der Waals surface area contributed by atoms with Crippen molar-refractivity contribution in [2.45, 2.75) is 34.1 Å². The minimum absolute atomic E-state index is 0.521. The summed E-state index contributed by atoms with van der Waals surface area (Å²) in [5.74, 6) is 4.32. The first-order valence-corrected chi connectivity index (χ1v) is 10.8. The van der Waals surface area contributed by atoms with Crippen molar-refractivity contribution in [3.8, 4) is 0 Å². The lowest BCUT2D eigenvalue weighted by Gasteiger charge is -2.36. The van der Waals surface area contributed by atoms with Crippen molar-refractivity contribution in [1.82, 2.24) is 15.3 Å². The molecule has 7 nitrogen and oxygen atoms in total. The van der Waals surface area contributed by atoms with E-state index in [1.807, 2.05) is 0 Å². The number of hydrogen-bond acceptors (Lipinski definition) is 6. The highest BCUT2D eigenvalue weighted by Gasteiger charge is 2.25. The maximum atomic E-state index is 5.50. The van der Waals surface area contributed by atoms with Gasteiger partial charge in [0.05, 0.1) is 13.2 Å². The fourth-order valence-corrected chi connectivity index (χ4v) is 4.06. The Kier molecular flexibility index (Phi) is 7.29. The van der Waals surface area contributed by atoms with Crippen LogP contribution in [0.15, 0.2) is 6.07 Å². The summed E-state index contributed by atoms with van der Waals surface area (Å²) in [5, 5.41) is 7.00. The number of hydrogen-bond donors (Lipinski definition) is 2. The Morgan fingerprint density at radius 1 is 1.14 bits per heavy atom. The largest absolute Gasteiger partial charge is 0.378 e. The van der Waals surface area contributed by atoms with Gasteiger partial charge in [0.2, 0.25) is 5.95 Å². The molecular weight excluding hydrogens is 372 g/mol. The van der Waals surface area contributed by atoms with Gasteiger partial charge in [0.25, 0.3) is 0 Å². The molecule has 0 unspecified atom stereocenters. The Morgan fingerprint density at radius 2 is 1.75 bits per heavy atom. The molecule has 2 saturated heterocycles. The zero-order chi connectivity index (χ0) is 20.1. The highest BCUT2D eigenvalue weighted by Crippen LogP contribution is 2.28. The van der Waals surface area contributed by atoms with Crippen LogP contribution in [0.1, 0.15) is 34.1 Å². The minimum atomic E-state index is 0.521. The smallest absolute Gasteiger partial charge is 0.232 e. The first kappa shape index (κ1) is 21.0. The van der Waals surface area contributed by atoms with E-state index in [9.17, 15) is 0 Å². The molecule has 0 radical (unpaired) electrons. The minimum Gasteiger partial charge on any atom is -0.378 e. The highest BCUT2D eigenvalue weighted by molar-refractivity contribution is 7.80. The van der Waals surface area contributed by atoms with E-state index in [2.05, 4.69) is 54.2 Å². The zero-order valence-corrected chi connectivity index (χ0v) is 18.4. The van der Waals surface area contributed by atoms with Crippen LogP contribution in [0.2, 0.25) is 0 Å². The maximum Gasteiger partial charge on any atom is 0.232 e. The molecule has 2 N–H and O–H groups in total. The van der Waals surface area contributed by atoms with Crippen LogP contribution in [0.3, 0.4) is 0 Å². The molecule has 1 aromatic rings. The highest BCUT2D eigenvalue weighted by atomic mass is 32.1. The van der Waals surface area contributed by atoms with Crippen LogP contribution in [0.4, 0.5) is 17.6 Å². The second-order valence-electron chi connectivity index (χ2n) is 8.59. The van der Waals surface area contributed by atoms with E-state index in [-0.39, 0.29) is 0 Å². The average molecular weight is 407 g/mol. The number of rotatable bonds is 5. The lowest BCUT2D eigenvalue weighted by molar-refractivity contribution is 0.122. The predicted octanol–water partition coefficient (Wildman–Crippen LogP) is 2.74. The number of piperidine rings is 1. The summed E-state index contributed by atoms with van der Waals surface area (Å²) in [6.45, 7) is 15.0. The molecule has 8 heteroatoms. The SMILES string of the molecule is CC(C)CNC(=S)Nc1nc(N2CCOCC2)cc(N2C[C@H](C)C[C@H](C)C2)n1. The van der Waals surface area contributed by atoms with Crippen LogP contribution in [-0.4, -0.2) is 61.0 Å². The summed E-state index contributed by atoms with van der Waals surface area (Å²) in [4.78, 5) is 14.2. The second-order valence-corrected chi connectivity index (χ2v) is 9.00.